The monoisotopic (exact) mass is 234 g/mol. The summed E-state index contributed by atoms with van der Waals surface area (Å²) in [6.07, 6.45) is 1.51. The van der Waals surface area contributed by atoms with Gasteiger partial charge in [0.2, 0.25) is 0 Å². The van der Waals surface area contributed by atoms with Crippen LogP contribution in [-0.2, 0) is 6.54 Å². The van der Waals surface area contributed by atoms with E-state index < -0.39 is 16.2 Å². The predicted octanol–water partition coefficient (Wildman–Crippen LogP) is 0.907. The van der Waals surface area contributed by atoms with Crippen molar-refractivity contribution in [3.8, 4) is 0 Å². The summed E-state index contributed by atoms with van der Waals surface area (Å²) in [5.41, 5.74) is 4.57. The Morgan fingerprint density at radius 2 is 2.29 bits per heavy atom. The van der Waals surface area contributed by atoms with Crippen molar-refractivity contribution in [3.63, 3.8) is 0 Å². The lowest BCUT2D eigenvalue weighted by Gasteiger charge is -2.08. The van der Waals surface area contributed by atoms with E-state index in [2.05, 4.69) is 4.98 Å². The van der Waals surface area contributed by atoms with Crippen LogP contribution in [-0.4, -0.2) is 14.5 Å². The highest BCUT2D eigenvalue weighted by Gasteiger charge is 2.23. The molecule has 0 saturated carbocycles. The zero-order valence-corrected chi connectivity index (χ0v) is 9.08. The SMILES string of the molecule is CCn1c(=O)c([N+](=O)[O-])c(N)c2cccnc21. The molecule has 2 aromatic rings. The molecule has 0 aliphatic carbocycles. The van der Waals surface area contributed by atoms with Crippen LogP contribution in [0.15, 0.2) is 23.1 Å². The minimum Gasteiger partial charge on any atom is -0.392 e. The molecule has 0 atom stereocenters. The first-order chi connectivity index (χ1) is 8.07. The molecular weight excluding hydrogens is 224 g/mol. The number of aromatic nitrogens is 2. The third kappa shape index (κ3) is 1.52. The fourth-order valence-corrected chi connectivity index (χ4v) is 1.76. The van der Waals surface area contributed by atoms with Crippen LogP contribution in [0.1, 0.15) is 6.92 Å². The van der Waals surface area contributed by atoms with Gasteiger partial charge >= 0.3 is 11.2 Å². The lowest BCUT2D eigenvalue weighted by atomic mass is 10.2. The van der Waals surface area contributed by atoms with Crippen molar-refractivity contribution in [3.05, 3.63) is 38.8 Å². The molecule has 0 aromatic carbocycles. The first-order valence-corrected chi connectivity index (χ1v) is 4.99. The third-order valence-corrected chi connectivity index (χ3v) is 2.53. The number of hydrogen-bond donors (Lipinski definition) is 1. The second kappa shape index (κ2) is 3.85. The van der Waals surface area contributed by atoms with Crippen LogP contribution >= 0.6 is 0 Å². The predicted molar refractivity (Wildman–Crippen MR) is 62.7 cm³/mol. The Morgan fingerprint density at radius 3 is 2.88 bits per heavy atom. The molecule has 7 nitrogen and oxygen atoms in total. The fourth-order valence-electron chi connectivity index (χ4n) is 1.76. The molecule has 88 valence electrons. The van der Waals surface area contributed by atoms with Gasteiger partial charge in [0.05, 0.1) is 4.92 Å². The Hall–Kier alpha value is -2.44. The average Bonchev–Trinajstić information content (AvgIpc) is 2.29. The number of anilines is 1. The normalized spacial score (nSPS) is 10.6. The van der Waals surface area contributed by atoms with E-state index in [1.807, 2.05) is 0 Å². The number of pyridine rings is 2. The summed E-state index contributed by atoms with van der Waals surface area (Å²) in [7, 11) is 0. The van der Waals surface area contributed by atoms with Crippen LogP contribution in [0.2, 0.25) is 0 Å². The van der Waals surface area contributed by atoms with E-state index in [-0.39, 0.29) is 5.69 Å². The molecule has 2 N–H and O–H groups in total. The molecule has 0 amide bonds. The fraction of sp³-hybridized carbons (Fsp3) is 0.200. The van der Waals surface area contributed by atoms with Gasteiger partial charge in [-0.25, -0.2) is 4.98 Å². The van der Waals surface area contributed by atoms with Crippen LogP contribution in [0.25, 0.3) is 11.0 Å². The molecule has 2 heterocycles. The molecule has 0 saturated heterocycles. The number of nitrogens with zero attached hydrogens (tertiary/aromatic N) is 3. The Labute approximate surface area is 95.6 Å². The average molecular weight is 234 g/mol. The molecule has 0 unspecified atom stereocenters. The van der Waals surface area contributed by atoms with Gasteiger partial charge in [-0.05, 0) is 19.1 Å². The molecule has 0 aliphatic rings. The quantitative estimate of drug-likeness (QED) is 0.614. The number of hydrogen-bond acceptors (Lipinski definition) is 5. The van der Waals surface area contributed by atoms with Gasteiger partial charge in [0.15, 0.2) is 0 Å². The highest BCUT2D eigenvalue weighted by atomic mass is 16.6. The van der Waals surface area contributed by atoms with E-state index in [4.69, 9.17) is 5.73 Å². The number of nitro groups is 1. The molecular formula is C10H10N4O3. The van der Waals surface area contributed by atoms with Gasteiger partial charge in [0, 0.05) is 18.1 Å². The highest BCUT2D eigenvalue weighted by molar-refractivity contribution is 5.92. The molecule has 2 aromatic heterocycles. The zero-order valence-electron chi connectivity index (χ0n) is 9.08. The number of nitrogen functional groups attached to an aromatic ring is 1. The maximum absolute atomic E-state index is 11.9. The van der Waals surface area contributed by atoms with Crippen LogP contribution in [0.3, 0.4) is 0 Å². The summed E-state index contributed by atoms with van der Waals surface area (Å²) in [5, 5.41) is 11.3. The molecule has 7 heteroatoms. The largest absolute Gasteiger partial charge is 0.392 e. The Bertz CT molecular complexity index is 662. The van der Waals surface area contributed by atoms with Crippen LogP contribution in [0.5, 0.6) is 0 Å². The van der Waals surface area contributed by atoms with Crippen LogP contribution in [0, 0.1) is 10.1 Å². The zero-order chi connectivity index (χ0) is 12.6. The van der Waals surface area contributed by atoms with E-state index in [1.54, 1.807) is 19.1 Å². The summed E-state index contributed by atoms with van der Waals surface area (Å²) < 4.78 is 1.24. The first-order valence-electron chi connectivity index (χ1n) is 4.99. The van der Waals surface area contributed by atoms with E-state index >= 15 is 0 Å². The van der Waals surface area contributed by atoms with E-state index in [0.29, 0.717) is 17.6 Å². The Morgan fingerprint density at radius 1 is 1.59 bits per heavy atom. The van der Waals surface area contributed by atoms with Crippen LogP contribution < -0.4 is 11.3 Å². The van der Waals surface area contributed by atoms with E-state index in [1.165, 1.54) is 10.8 Å². The second-order valence-electron chi connectivity index (χ2n) is 3.44. The second-order valence-corrected chi connectivity index (χ2v) is 3.44. The van der Waals surface area contributed by atoms with E-state index in [9.17, 15) is 14.9 Å². The van der Waals surface area contributed by atoms with Gasteiger partial charge in [0.25, 0.3) is 0 Å². The highest BCUT2D eigenvalue weighted by Crippen LogP contribution is 2.25. The lowest BCUT2D eigenvalue weighted by Crippen LogP contribution is -2.24. The van der Waals surface area contributed by atoms with Gasteiger partial charge in [0.1, 0.15) is 11.3 Å². The Balaban J connectivity index is 3.05. The van der Waals surface area contributed by atoms with Gasteiger partial charge in [-0.1, -0.05) is 0 Å². The van der Waals surface area contributed by atoms with Gasteiger partial charge in [-0.3, -0.25) is 19.5 Å². The molecule has 0 spiro atoms. The molecule has 17 heavy (non-hydrogen) atoms. The van der Waals surface area contributed by atoms with Gasteiger partial charge in [-0.2, -0.15) is 0 Å². The molecule has 2 rings (SSSR count). The van der Waals surface area contributed by atoms with Gasteiger partial charge in [-0.15, -0.1) is 0 Å². The summed E-state index contributed by atoms with van der Waals surface area (Å²) in [4.78, 5) is 26.0. The van der Waals surface area contributed by atoms with Crippen molar-refractivity contribution in [1.29, 1.82) is 0 Å². The first kappa shape index (κ1) is 11.1. The number of fused-ring (bicyclic) bond motifs is 1. The van der Waals surface area contributed by atoms with Crippen molar-refractivity contribution in [2.24, 2.45) is 0 Å². The van der Waals surface area contributed by atoms with Crippen molar-refractivity contribution >= 4 is 22.4 Å². The summed E-state index contributed by atoms with van der Waals surface area (Å²) in [6, 6.07) is 3.23. The summed E-state index contributed by atoms with van der Waals surface area (Å²) in [6.45, 7) is 2.02. The minimum absolute atomic E-state index is 0.132. The maximum Gasteiger partial charge on any atom is 0.357 e. The topological polar surface area (TPSA) is 104 Å². The lowest BCUT2D eigenvalue weighted by molar-refractivity contribution is -0.385. The number of nitrogens with two attached hydrogens (primary N) is 1. The van der Waals surface area contributed by atoms with Crippen molar-refractivity contribution in [2.75, 3.05) is 5.73 Å². The number of aryl methyl sites for hydroxylation is 1. The maximum atomic E-state index is 11.9. The Kier molecular flexibility index (Phi) is 2.51. The van der Waals surface area contributed by atoms with Gasteiger partial charge < -0.3 is 5.73 Å². The smallest absolute Gasteiger partial charge is 0.357 e. The minimum atomic E-state index is -0.754. The van der Waals surface area contributed by atoms with Crippen molar-refractivity contribution in [2.45, 2.75) is 13.5 Å². The molecule has 0 bridgehead atoms. The van der Waals surface area contributed by atoms with Crippen molar-refractivity contribution < 1.29 is 4.92 Å². The standard InChI is InChI=1S/C10H10N4O3/c1-2-13-9-6(4-3-5-12-9)7(11)8(10(13)15)14(16)17/h3-5H,2,11H2,1H3. The molecule has 0 radical (unpaired) electrons. The van der Waals surface area contributed by atoms with E-state index in [0.717, 1.165) is 0 Å². The molecule has 0 fully saturated rings. The third-order valence-electron chi connectivity index (χ3n) is 2.53. The van der Waals surface area contributed by atoms with Crippen molar-refractivity contribution in [1.82, 2.24) is 9.55 Å². The number of rotatable bonds is 2. The summed E-state index contributed by atoms with van der Waals surface area (Å²) in [5.74, 6) is 0. The molecule has 0 aliphatic heterocycles. The summed E-state index contributed by atoms with van der Waals surface area (Å²) >= 11 is 0. The van der Waals surface area contributed by atoms with Crippen LogP contribution in [0.4, 0.5) is 11.4 Å².